The van der Waals surface area contributed by atoms with Gasteiger partial charge in [-0.3, -0.25) is 18.8 Å². The molecule has 0 aliphatic carbocycles. The van der Waals surface area contributed by atoms with E-state index in [2.05, 4.69) is 14.9 Å². The molecule has 1 atom stereocenters. The highest BCUT2D eigenvalue weighted by Gasteiger charge is 2.25. The van der Waals surface area contributed by atoms with Gasteiger partial charge in [-0.1, -0.05) is 0 Å². The largest absolute Gasteiger partial charge is 0.396 e. The highest BCUT2D eigenvalue weighted by atomic mass is 16.3. The van der Waals surface area contributed by atoms with Crippen LogP contribution in [0, 0.1) is 0 Å². The third kappa shape index (κ3) is 2.84. The fraction of sp³-hybridized carbons (Fsp3) is 0.667. The molecule has 1 fully saturated rings. The van der Waals surface area contributed by atoms with Crippen LogP contribution in [0.2, 0.25) is 0 Å². The summed E-state index contributed by atoms with van der Waals surface area (Å²) in [5.41, 5.74) is 0.0533. The number of aryl methyl sites for hydroxylation is 1. The number of imidazole rings is 1. The van der Waals surface area contributed by atoms with Crippen molar-refractivity contribution in [1.29, 1.82) is 0 Å². The number of aliphatic hydroxyl groups excluding tert-OH is 1. The Morgan fingerprint density at radius 2 is 2.09 bits per heavy atom. The zero-order chi connectivity index (χ0) is 16.6. The molecule has 0 aromatic carbocycles. The number of hydrogen-bond acceptors (Lipinski definition) is 5. The average molecular weight is 321 g/mol. The molecule has 1 unspecified atom stereocenters. The maximum Gasteiger partial charge on any atom is 0.332 e. The van der Waals surface area contributed by atoms with Crippen molar-refractivity contribution in [1.82, 2.24) is 24.0 Å². The van der Waals surface area contributed by atoms with Gasteiger partial charge in [0.25, 0.3) is 5.56 Å². The molecule has 2 N–H and O–H groups in total. The second-order valence-electron chi connectivity index (χ2n) is 6.22. The number of hydrogen-bond donors (Lipinski definition) is 2. The van der Waals surface area contributed by atoms with Gasteiger partial charge in [0.1, 0.15) is 11.3 Å². The summed E-state index contributed by atoms with van der Waals surface area (Å²) in [6.45, 7) is 1.83. The predicted molar refractivity (Wildman–Crippen MR) is 86.3 cm³/mol. The van der Waals surface area contributed by atoms with Gasteiger partial charge in [-0.15, -0.1) is 0 Å². The first-order chi connectivity index (χ1) is 11.0. The van der Waals surface area contributed by atoms with Crippen LogP contribution in [0.25, 0.3) is 11.2 Å². The minimum Gasteiger partial charge on any atom is -0.396 e. The normalized spacial score (nSPS) is 19.0. The Bertz CT molecular complexity index is 819. The third-order valence-electron chi connectivity index (χ3n) is 4.69. The number of aliphatic hydroxyl groups is 1. The molecule has 126 valence electrons. The van der Waals surface area contributed by atoms with Gasteiger partial charge in [-0.05, 0) is 32.2 Å². The van der Waals surface area contributed by atoms with Crippen molar-refractivity contribution in [3.05, 3.63) is 26.7 Å². The molecular weight excluding hydrogens is 298 g/mol. The number of aromatic amines is 1. The number of nitrogens with zero attached hydrogens (tertiary/aromatic N) is 4. The van der Waals surface area contributed by atoms with Gasteiger partial charge in [0, 0.05) is 26.7 Å². The summed E-state index contributed by atoms with van der Waals surface area (Å²) in [5, 5.41) is 9.00. The first-order valence-corrected chi connectivity index (χ1v) is 8.02. The fourth-order valence-electron chi connectivity index (χ4n) is 3.40. The smallest absolute Gasteiger partial charge is 0.332 e. The number of H-pyrrole nitrogens is 1. The molecule has 1 aliphatic heterocycles. The Labute approximate surface area is 133 Å². The lowest BCUT2D eigenvalue weighted by atomic mass is 10.1. The Balaban J connectivity index is 1.90. The third-order valence-corrected chi connectivity index (χ3v) is 4.69. The standard InChI is InChI=1S/C15H23N5O3/c1-18-13-12(14(22)19(2)15(18)23)16-11(17-13)9-20-7-3-5-10(20)6-4-8-21/h10,21H,3-9H2,1-2H3,(H,16,17). The number of fused-ring (bicyclic) bond motifs is 1. The highest BCUT2D eigenvalue weighted by molar-refractivity contribution is 5.69. The molecule has 23 heavy (non-hydrogen) atoms. The maximum atomic E-state index is 12.2. The molecule has 8 heteroatoms. The molecular formula is C15H23N5O3. The van der Waals surface area contributed by atoms with E-state index >= 15 is 0 Å². The van der Waals surface area contributed by atoms with Crippen LogP contribution in [-0.2, 0) is 20.6 Å². The Hall–Kier alpha value is -1.93. The Kier molecular flexibility index (Phi) is 4.36. The van der Waals surface area contributed by atoms with Crippen molar-refractivity contribution in [2.75, 3.05) is 13.2 Å². The van der Waals surface area contributed by atoms with E-state index in [1.165, 1.54) is 11.6 Å². The zero-order valence-electron chi connectivity index (χ0n) is 13.6. The van der Waals surface area contributed by atoms with E-state index < -0.39 is 0 Å². The van der Waals surface area contributed by atoms with E-state index in [1.807, 2.05) is 0 Å². The van der Waals surface area contributed by atoms with E-state index in [-0.39, 0.29) is 17.9 Å². The van der Waals surface area contributed by atoms with E-state index in [0.29, 0.717) is 29.6 Å². The van der Waals surface area contributed by atoms with E-state index in [4.69, 9.17) is 5.11 Å². The molecule has 0 radical (unpaired) electrons. The summed E-state index contributed by atoms with van der Waals surface area (Å²) in [4.78, 5) is 34.0. The quantitative estimate of drug-likeness (QED) is 0.788. The molecule has 3 rings (SSSR count). The second kappa shape index (κ2) is 6.29. The van der Waals surface area contributed by atoms with Gasteiger partial charge in [0.15, 0.2) is 5.65 Å². The van der Waals surface area contributed by atoms with Gasteiger partial charge in [0.2, 0.25) is 0 Å². The molecule has 0 bridgehead atoms. The minimum absolute atomic E-state index is 0.215. The first-order valence-electron chi connectivity index (χ1n) is 8.02. The molecule has 2 aromatic heterocycles. The molecule has 1 aliphatic rings. The van der Waals surface area contributed by atoms with Crippen molar-refractivity contribution >= 4 is 11.2 Å². The minimum atomic E-state index is -0.373. The number of nitrogens with one attached hydrogen (secondary N) is 1. The molecule has 0 saturated carbocycles. The van der Waals surface area contributed by atoms with Gasteiger partial charge in [0.05, 0.1) is 6.54 Å². The number of aromatic nitrogens is 4. The summed E-state index contributed by atoms with van der Waals surface area (Å²) in [5.74, 6) is 0.703. The predicted octanol–water partition coefficient (Wildman–Crippen LogP) is -0.303. The van der Waals surface area contributed by atoms with E-state index in [0.717, 1.165) is 36.8 Å². The van der Waals surface area contributed by atoms with Crippen molar-refractivity contribution in [3.63, 3.8) is 0 Å². The van der Waals surface area contributed by atoms with Crippen molar-refractivity contribution < 1.29 is 5.11 Å². The lowest BCUT2D eigenvalue weighted by Gasteiger charge is -2.23. The van der Waals surface area contributed by atoms with Gasteiger partial charge < -0.3 is 10.1 Å². The van der Waals surface area contributed by atoms with Crippen LogP contribution in [0.15, 0.2) is 9.59 Å². The van der Waals surface area contributed by atoms with Crippen LogP contribution in [0.5, 0.6) is 0 Å². The van der Waals surface area contributed by atoms with Crippen LogP contribution in [0.4, 0.5) is 0 Å². The number of rotatable bonds is 5. The number of likely N-dealkylation sites (tertiary alicyclic amines) is 1. The van der Waals surface area contributed by atoms with Crippen LogP contribution < -0.4 is 11.2 Å². The monoisotopic (exact) mass is 321 g/mol. The van der Waals surface area contributed by atoms with Gasteiger partial charge in [-0.25, -0.2) is 9.78 Å². The second-order valence-corrected chi connectivity index (χ2v) is 6.22. The van der Waals surface area contributed by atoms with Crippen LogP contribution in [-0.4, -0.2) is 48.3 Å². The first kappa shape index (κ1) is 15.9. The zero-order valence-corrected chi connectivity index (χ0v) is 13.6. The average Bonchev–Trinajstić information content (AvgIpc) is 3.16. The van der Waals surface area contributed by atoms with Gasteiger partial charge in [-0.2, -0.15) is 0 Å². The van der Waals surface area contributed by atoms with Crippen molar-refractivity contribution in [2.45, 2.75) is 38.3 Å². The van der Waals surface area contributed by atoms with Crippen LogP contribution in [0.1, 0.15) is 31.5 Å². The van der Waals surface area contributed by atoms with Crippen molar-refractivity contribution in [3.8, 4) is 0 Å². The van der Waals surface area contributed by atoms with Crippen LogP contribution in [0.3, 0.4) is 0 Å². The maximum absolute atomic E-state index is 12.2. The molecule has 3 heterocycles. The lowest BCUT2D eigenvalue weighted by Crippen LogP contribution is -2.36. The summed E-state index contributed by atoms with van der Waals surface area (Å²) in [6.07, 6.45) is 4.03. The Morgan fingerprint density at radius 1 is 1.30 bits per heavy atom. The summed E-state index contributed by atoms with van der Waals surface area (Å²) < 4.78 is 2.48. The summed E-state index contributed by atoms with van der Waals surface area (Å²) in [6, 6.07) is 0.446. The molecule has 0 spiro atoms. The van der Waals surface area contributed by atoms with Crippen LogP contribution >= 0.6 is 0 Å². The topological polar surface area (TPSA) is 96.2 Å². The summed E-state index contributed by atoms with van der Waals surface area (Å²) in [7, 11) is 3.09. The molecule has 8 nitrogen and oxygen atoms in total. The highest BCUT2D eigenvalue weighted by Crippen LogP contribution is 2.23. The summed E-state index contributed by atoms with van der Waals surface area (Å²) >= 11 is 0. The lowest BCUT2D eigenvalue weighted by molar-refractivity contribution is 0.207. The van der Waals surface area contributed by atoms with Crippen molar-refractivity contribution in [2.24, 2.45) is 14.1 Å². The molecule has 2 aromatic rings. The molecule has 0 amide bonds. The van der Waals surface area contributed by atoms with E-state index in [1.54, 1.807) is 7.05 Å². The Morgan fingerprint density at radius 3 is 2.83 bits per heavy atom. The van der Waals surface area contributed by atoms with Gasteiger partial charge >= 0.3 is 5.69 Å². The molecule has 1 saturated heterocycles. The van der Waals surface area contributed by atoms with E-state index in [9.17, 15) is 9.59 Å². The fourth-order valence-corrected chi connectivity index (χ4v) is 3.40. The SMILES string of the molecule is Cn1c(=O)c2[nH]c(CN3CCCC3CCCO)nc2n(C)c1=O.